The lowest BCUT2D eigenvalue weighted by Crippen LogP contribution is -2.46. The second-order valence-electron chi connectivity index (χ2n) is 7.66. The summed E-state index contributed by atoms with van der Waals surface area (Å²) in [5.74, 6) is 0.898. The van der Waals surface area contributed by atoms with Gasteiger partial charge in [0.05, 0.1) is 0 Å². The molecule has 21 heavy (non-hydrogen) atoms. The summed E-state index contributed by atoms with van der Waals surface area (Å²) < 4.78 is 0. The minimum Gasteiger partial charge on any atom is -0.313 e. The molecular weight excluding hydrogens is 276 g/mol. The first-order valence-corrected chi connectivity index (χ1v) is 9.52. The molecule has 0 saturated heterocycles. The van der Waals surface area contributed by atoms with Crippen LogP contribution in [0.25, 0.3) is 0 Å². The lowest BCUT2D eigenvalue weighted by atomic mass is 9.69. The molecule has 0 aromatic carbocycles. The summed E-state index contributed by atoms with van der Waals surface area (Å²) in [4.78, 5) is 2.55. The van der Waals surface area contributed by atoms with Crippen LogP contribution in [-0.2, 0) is 6.54 Å². The van der Waals surface area contributed by atoms with E-state index in [1.54, 1.807) is 0 Å². The first kappa shape index (κ1) is 15.5. The molecule has 0 amide bonds. The smallest absolute Gasteiger partial charge is 0.0239 e. The molecule has 1 N–H and O–H groups in total. The van der Waals surface area contributed by atoms with Gasteiger partial charge in [-0.15, -0.1) is 0 Å². The number of rotatable bonds is 7. The maximum absolute atomic E-state index is 3.83. The van der Waals surface area contributed by atoms with Crippen LogP contribution in [0.3, 0.4) is 0 Å². The Labute approximate surface area is 133 Å². The van der Waals surface area contributed by atoms with Gasteiger partial charge in [-0.3, -0.25) is 0 Å². The maximum Gasteiger partial charge on any atom is 0.0239 e. The van der Waals surface area contributed by atoms with Gasteiger partial charge in [0.1, 0.15) is 0 Å². The highest BCUT2D eigenvalue weighted by Gasteiger charge is 2.37. The van der Waals surface area contributed by atoms with Crippen molar-refractivity contribution in [1.82, 2.24) is 10.2 Å². The van der Waals surface area contributed by atoms with Crippen LogP contribution in [0.15, 0.2) is 16.8 Å². The largest absolute Gasteiger partial charge is 0.313 e. The summed E-state index contributed by atoms with van der Waals surface area (Å²) in [5, 5.41) is 8.30. The summed E-state index contributed by atoms with van der Waals surface area (Å²) in [7, 11) is 2.30. The number of nitrogens with zero attached hydrogens (tertiary/aromatic N) is 1. The third-order valence-electron chi connectivity index (χ3n) is 5.17. The monoisotopic (exact) mass is 306 g/mol. The van der Waals surface area contributed by atoms with Crippen molar-refractivity contribution in [2.45, 2.75) is 58.0 Å². The molecule has 2 nitrogen and oxygen atoms in total. The van der Waals surface area contributed by atoms with Crippen LogP contribution < -0.4 is 5.32 Å². The van der Waals surface area contributed by atoms with E-state index in [9.17, 15) is 0 Å². The molecule has 2 fully saturated rings. The third-order valence-corrected chi connectivity index (χ3v) is 5.90. The van der Waals surface area contributed by atoms with Gasteiger partial charge in [-0.05, 0) is 66.5 Å². The Bertz CT molecular complexity index is 426. The molecular formula is C18H30N2S. The highest BCUT2D eigenvalue weighted by molar-refractivity contribution is 7.07. The molecule has 0 bridgehead atoms. The second-order valence-corrected chi connectivity index (χ2v) is 8.44. The summed E-state index contributed by atoms with van der Waals surface area (Å²) in [6.45, 7) is 6.02. The number of hydrogen-bond acceptors (Lipinski definition) is 3. The average Bonchev–Trinajstić information content (AvgIpc) is 3.14. The number of hydrogen-bond donors (Lipinski definition) is 1. The third kappa shape index (κ3) is 4.54. The lowest BCUT2D eigenvalue weighted by Gasteiger charge is -2.43. The molecule has 3 rings (SSSR count). The van der Waals surface area contributed by atoms with Crippen molar-refractivity contribution < 1.29 is 0 Å². The predicted molar refractivity (Wildman–Crippen MR) is 91.7 cm³/mol. The number of thiophene rings is 1. The van der Waals surface area contributed by atoms with Crippen LogP contribution in [0.1, 0.15) is 51.0 Å². The average molecular weight is 307 g/mol. The van der Waals surface area contributed by atoms with E-state index in [1.165, 1.54) is 57.2 Å². The topological polar surface area (TPSA) is 15.3 Å². The first-order chi connectivity index (χ1) is 10.2. The van der Waals surface area contributed by atoms with Gasteiger partial charge in [-0.1, -0.05) is 19.8 Å². The normalized spacial score (nSPS) is 30.0. The Balaban J connectivity index is 1.59. The van der Waals surface area contributed by atoms with Crippen molar-refractivity contribution in [1.29, 1.82) is 0 Å². The minimum atomic E-state index is 0.505. The Morgan fingerprint density at radius 1 is 1.38 bits per heavy atom. The van der Waals surface area contributed by atoms with E-state index in [0.29, 0.717) is 5.41 Å². The molecule has 0 radical (unpaired) electrons. The first-order valence-electron chi connectivity index (χ1n) is 8.58. The van der Waals surface area contributed by atoms with E-state index >= 15 is 0 Å². The molecule has 2 aliphatic carbocycles. The molecule has 2 unspecified atom stereocenters. The summed E-state index contributed by atoms with van der Waals surface area (Å²) in [6, 6.07) is 3.10. The second kappa shape index (κ2) is 6.80. The Kier molecular flexibility index (Phi) is 5.03. The van der Waals surface area contributed by atoms with E-state index in [2.05, 4.69) is 41.0 Å². The van der Waals surface area contributed by atoms with E-state index in [1.807, 2.05) is 11.3 Å². The SMILES string of the molecule is CC1CCCC(CNC2CC2)(CN(C)Cc2ccsc2)C1. The molecule has 1 aromatic rings. The van der Waals surface area contributed by atoms with Crippen molar-refractivity contribution in [3.63, 3.8) is 0 Å². The molecule has 0 spiro atoms. The van der Waals surface area contributed by atoms with Gasteiger partial charge in [0.15, 0.2) is 0 Å². The van der Waals surface area contributed by atoms with E-state index in [0.717, 1.165) is 18.5 Å². The quantitative estimate of drug-likeness (QED) is 0.815. The lowest BCUT2D eigenvalue weighted by molar-refractivity contribution is 0.0886. The fourth-order valence-electron chi connectivity index (χ4n) is 4.10. The van der Waals surface area contributed by atoms with Crippen molar-refractivity contribution in [2.75, 3.05) is 20.1 Å². The van der Waals surface area contributed by atoms with E-state index < -0.39 is 0 Å². The fourth-order valence-corrected chi connectivity index (χ4v) is 4.76. The van der Waals surface area contributed by atoms with Gasteiger partial charge in [-0.25, -0.2) is 0 Å². The van der Waals surface area contributed by atoms with Crippen LogP contribution in [0.2, 0.25) is 0 Å². The molecule has 2 aliphatic rings. The van der Waals surface area contributed by atoms with Crippen LogP contribution in [-0.4, -0.2) is 31.1 Å². The minimum absolute atomic E-state index is 0.505. The molecule has 0 aliphatic heterocycles. The van der Waals surface area contributed by atoms with Gasteiger partial charge < -0.3 is 10.2 Å². The Morgan fingerprint density at radius 3 is 2.90 bits per heavy atom. The van der Waals surface area contributed by atoms with Crippen molar-refractivity contribution in [2.24, 2.45) is 11.3 Å². The van der Waals surface area contributed by atoms with Gasteiger partial charge in [0.25, 0.3) is 0 Å². The van der Waals surface area contributed by atoms with Crippen molar-refractivity contribution >= 4 is 11.3 Å². The molecule has 118 valence electrons. The zero-order valence-electron chi connectivity index (χ0n) is 13.6. The van der Waals surface area contributed by atoms with E-state index in [-0.39, 0.29) is 0 Å². The van der Waals surface area contributed by atoms with Gasteiger partial charge in [0.2, 0.25) is 0 Å². The molecule has 2 atom stereocenters. The fraction of sp³-hybridized carbons (Fsp3) is 0.778. The number of nitrogens with one attached hydrogen (secondary N) is 1. The van der Waals surface area contributed by atoms with Gasteiger partial charge >= 0.3 is 0 Å². The molecule has 3 heteroatoms. The zero-order valence-corrected chi connectivity index (χ0v) is 14.4. The maximum atomic E-state index is 3.83. The Hall–Kier alpha value is -0.380. The standard InChI is InChI=1S/C18H30N2S/c1-15-4-3-8-18(10-15,13-19-17-5-6-17)14-20(2)11-16-7-9-21-12-16/h7,9,12,15,17,19H,3-6,8,10-11,13-14H2,1-2H3. The summed E-state index contributed by atoms with van der Waals surface area (Å²) >= 11 is 1.81. The molecule has 1 heterocycles. The highest BCUT2D eigenvalue weighted by atomic mass is 32.1. The van der Waals surface area contributed by atoms with Gasteiger partial charge in [0, 0.05) is 25.7 Å². The van der Waals surface area contributed by atoms with Gasteiger partial charge in [-0.2, -0.15) is 11.3 Å². The van der Waals surface area contributed by atoms with Crippen LogP contribution in [0.5, 0.6) is 0 Å². The van der Waals surface area contributed by atoms with Crippen LogP contribution in [0.4, 0.5) is 0 Å². The van der Waals surface area contributed by atoms with Crippen molar-refractivity contribution in [3.8, 4) is 0 Å². The Morgan fingerprint density at radius 2 is 2.24 bits per heavy atom. The summed E-state index contributed by atoms with van der Waals surface area (Å²) in [5.41, 5.74) is 1.97. The molecule has 2 saturated carbocycles. The van der Waals surface area contributed by atoms with Crippen molar-refractivity contribution in [3.05, 3.63) is 22.4 Å². The van der Waals surface area contributed by atoms with E-state index in [4.69, 9.17) is 0 Å². The van der Waals surface area contributed by atoms with Crippen LogP contribution in [0, 0.1) is 11.3 Å². The summed E-state index contributed by atoms with van der Waals surface area (Å²) in [6.07, 6.45) is 8.46. The zero-order chi connectivity index (χ0) is 14.7. The molecule has 1 aromatic heterocycles. The predicted octanol–water partition coefficient (Wildman–Crippen LogP) is 4.13. The van der Waals surface area contributed by atoms with Crippen LogP contribution >= 0.6 is 11.3 Å². The highest BCUT2D eigenvalue weighted by Crippen LogP contribution is 2.40.